The molecule has 0 aliphatic carbocycles. The lowest BCUT2D eigenvalue weighted by molar-refractivity contribution is -0.142. The van der Waals surface area contributed by atoms with Crippen LogP contribution in [0.2, 0.25) is 0 Å². The lowest BCUT2D eigenvalue weighted by Crippen LogP contribution is -2.57. The SMILES string of the molecule is CC(C)CC(NC(=O)C(C)NC(=O)C(CCC(N)=O)NC(=O)C(N)C(C)O)C(=O)O. The van der Waals surface area contributed by atoms with Gasteiger partial charge in [0.05, 0.1) is 6.10 Å². The zero-order valence-electron chi connectivity index (χ0n) is 17.7. The molecule has 0 saturated carbocycles. The van der Waals surface area contributed by atoms with Gasteiger partial charge in [-0.05, 0) is 32.6 Å². The number of primary amides is 1. The molecule has 0 aromatic heterocycles. The highest BCUT2D eigenvalue weighted by molar-refractivity contribution is 5.94. The molecular formula is C18H33N5O7. The summed E-state index contributed by atoms with van der Waals surface area (Å²) in [5.41, 5.74) is 10.6. The van der Waals surface area contributed by atoms with Crippen LogP contribution < -0.4 is 27.4 Å². The van der Waals surface area contributed by atoms with E-state index in [1.807, 2.05) is 0 Å². The average Bonchev–Trinajstić information content (AvgIpc) is 2.62. The molecule has 0 spiro atoms. The van der Waals surface area contributed by atoms with E-state index in [0.717, 1.165) is 0 Å². The fraction of sp³-hybridized carbons (Fsp3) is 0.722. The summed E-state index contributed by atoms with van der Waals surface area (Å²) >= 11 is 0. The number of aliphatic carboxylic acids is 1. The molecule has 4 amide bonds. The van der Waals surface area contributed by atoms with Gasteiger partial charge in [0.2, 0.25) is 23.6 Å². The highest BCUT2D eigenvalue weighted by Gasteiger charge is 2.29. The fourth-order valence-corrected chi connectivity index (χ4v) is 2.41. The molecule has 5 unspecified atom stereocenters. The molecule has 12 nitrogen and oxygen atoms in total. The van der Waals surface area contributed by atoms with E-state index in [2.05, 4.69) is 16.0 Å². The molecule has 0 aromatic rings. The Morgan fingerprint density at radius 2 is 1.40 bits per heavy atom. The first-order valence-corrected chi connectivity index (χ1v) is 9.62. The number of amides is 4. The highest BCUT2D eigenvalue weighted by atomic mass is 16.4. The third-order valence-electron chi connectivity index (χ3n) is 4.21. The molecule has 0 bridgehead atoms. The molecular weight excluding hydrogens is 398 g/mol. The number of carbonyl (C=O) groups excluding carboxylic acids is 4. The largest absolute Gasteiger partial charge is 0.480 e. The van der Waals surface area contributed by atoms with Crippen molar-refractivity contribution in [3.63, 3.8) is 0 Å². The molecule has 5 atom stereocenters. The number of nitrogens with two attached hydrogens (primary N) is 2. The molecule has 0 heterocycles. The number of aliphatic hydroxyl groups is 1. The van der Waals surface area contributed by atoms with E-state index >= 15 is 0 Å². The summed E-state index contributed by atoms with van der Waals surface area (Å²) in [5, 5.41) is 25.6. The Labute approximate surface area is 175 Å². The Morgan fingerprint density at radius 1 is 0.867 bits per heavy atom. The van der Waals surface area contributed by atoms with Crippen LogP contribution >= 0.6 is 0 Å². The monoisotopic (exact) mass is 431 g/mol. The van der Waals surface area contributed by atoms with Gasteiger partial charge < -0.3 is 37.6 Å². The van der Waals surface area contributed by atoms with Gasteiger partial charge >= 0.3 is 5.97 Å². The van der Waals surface area contributed by atoms with E-state index in [9.17, 15) is 34.2 Å². The van der Waals surface area contributed by atoms with Crippen LogP contribution in [0.5, 0.6) is 0 Å². The number of rotatable bonds is 13. The van der Waals surface area contributed by atoms with Gasteiger partial charge in [-0.3, -0.25) is 19.2 Å². The van der Waals surface area contributed by atoms with Crippen molar-refractivity contribution in [3.8, 4) is 0 Å². The molecule has 0 aromatic carbocycles. The lowest BCUT2D eigenvalue weighted by atomic mass is 10.0. The van der Waals surface area contributed by atoms with Crippen LogP contribution in [0.3, 0.4) is 0 Å². The standard InChI is InChI=1S/C18H33N5O7/c1-8(2)7-12(18(29)30)23-15(26)9(3)21-16(27)11(5-6-13(19)25)22-17(28)14(20)10(4)24/h8-12,14,24H,5-7,20H2,1-4H3,(H2,19,25)(H,21,27)(H,22,28)(H,23,26)(H,29,30). The molecule has 30 heavy (non-hydrogen) atoms. The van der Waals surface area contributed by atoms with Crippen LogP contribution in [0.15, 0.2) is 0 Å². The second-order valence-electron chi connectivity index (χ2n) is 7.59. The van der Waals surface area contributed by atoms with E-state index in [4.69, 9.17) is 11.5 Å². The number of carboxylic acid groups (broad SMARTS) is 1. The van der Waals surface area contributed by atoms with E-state index in [-0.39, 0.29) is 25.2 Å². The summed E-state index contributed by atoms with van der Waals surface area (Å²) in [6.07, 6.45) is -1.35. The maximum absolute atomic E-state index is 12.5. The van der Waals surface area contributed by atoms with Crippen LogP contribution in [0.4, 0.5) is 0 Å². The quantitative estimate of drug-likeness (QED) is 0.166. The first-order chi connectivity index (χ1) is 13.8. The predicted molar refractivity (Wildman–Crippen MR) is 107 cm³/mol. The summed E-state index contributed by atoms with van der Waals surface area (Å²) in [4.78, 5) is 59.2. The molecule has 0 aliphatic heterocycles. The topological polar surface area (TPSA) is 214 Å². The minimum Gasteiger partial charge on any atom is -0.480 e. The Hall–Kier alpha value is -2.73. The summed E-state index contributed by atoms with van der Waals surface area (Å²) in [6, 6.07) is -4.78. The third kappa shape index (κ3) is 10.2. The first kappa shape index (κ1) is 27.3. The van der Waals surface area contributed by atoms with Crippen LogP contribution in [-0.4, -0.2) is 70.1 Å². The summed E-state index contributed by atoms with van der Waals surface area (Å²) in [7, 11) is 0. The van der Waals surface area contributed by atoms with E-state index in [1.165, 1.54) is 13.8 Å². The molecule has 0 aliphatic rings. The average molecular weight is 431 g/mol. The number of hydrogen-bond donors (Lipinski definition) is 7. The molecule has 0 fully saturated rings. The van der Waals surface area contributed by atoms with Crippen molar-refractivity contribution in [3.05, 3.63) is 0 Å². The van der Waals surface area contributed by atoms with Gasteiger partial charge in [0, 0.05) is 6.42 Å². The highest BCUT2D eigenvalue weighted by Crippen LogP contribution is 2.06. The fourth-order valence-electron chi connectivity index (χ4n) is 2.41. The maximum Gasteiger partial charge on any atom is 0.326 e. The van der Waals surface area contributed by atoms with Gasteiger partial charge in [-0.1, -0.05) is 13.8 Å². The van der Waals surface area contributed by atoms with Gasteiger partial charge in [-0.25, -0.2) is 4.79 Å². The second kappa shape index (κ2) is 12.8. The molecule has 0 rings (SSSR count). The number of aliphatic hydroxyl groups excluding tert-OH is 1. The van der Waals surface area contributed by atoms with Crippen molar-refractivity contribution < 1.29 is 34.2 Å². The normalized spacial score (nSPS) is 16.0. The number of carboxylic acids is 1. The summed E-state index contributed by atoms with van der Waals surface area (Å²) in [5.74, 6) is -4.23. The van der Waals surface area contributed by atoms with E-state index in [1.54, 1.807) is 13.8 Å². The van der Waals surface area contributed by atoms with Crippen LogP contribution in [0.1, 0.15) is 47.0 Å². The maximum atomic E-state index is 12.5. The van der Waals surface area contributed by atoms with Gasteiger partial charge in [0.1, 0.15) is 24.2 Å². The third-order valence-corrected chi connectivity index (χ3v) is 4.21. The minimum absolute atomic E-state index is 0.0165. The van der Waals surface area contributed by atoms with E-state index < -0.39 is 59.9 Å². The van der Waals surface area contributed by atoms with Crippen molar-refractivity contribution in [2.75, 3.05) is 0 Å². The molecule has 0 saturated heterocycles. The van der Waals surface area contributed by atoms with Crippen molar-refractivity contribution in [1.82, 2.24) is 16.0 Å². The minimum atomic E-state index is -1.30. The van der Waals surface area contributed by atoms with Gasteiger partial charge in [-0.15, -0.1) is 0 Å². The van der Waals surface area contributed by atoms with Gasteiger partial charge in [0.25, 0.3) is 0 Å². The smallest absolute Gasteiger partial charge is 0.326 e. The number of carbonyl (C=O) groups is 5. The van der Waals surface area contributed by atoms with Crippen molar-refractivity contribution >= 4 is 29.6 Å². The van der Waals surface area contributed by atoms with Crippen molar-refractivity contribution in [1.29, 1.82) is 0 Å². The molecule has 12 heteroatoms. The number of hydrogen-bond acceptors (Lipinski definition) is 7. The molecule has 172 valence electrons. The Balaban J connectivity index is 5.13. The number of nitrogens with one attached hydrogen (secondary N) is 3. The molecule has 9 N–H and O–H groups in total. The lowest BCUT2D eigenvalue weighted by Gasteiger charge is -2.24. The second-order valence-corrected chi connectivity index (χ2v) is 7.59. The summed E-state index contributed by atoms with van der Waals surface area (Å²) < 4.78 is 0. The first-order valence-electron chi connectivity index (χ1n) is 9.62. The van der Waals surface area contributed by atoms with Crippen molar-refractivity contribution in [2.45, 2.75) is 77.2 Å². The predicted octanol–water partition coefficient (Wildman–Crippen LogP) is -2.43. The van der Waals surface area contributed by atoms with E-state index in [0.29, 0.717) is 0 Å². The Bertz CT molecular complexity index is 638. The van der Waals surface area contributed by atoms with Gasteiger partial charge in [-0.2, -0.15) is 0 Å². The molecule has 0 radical (unpaired) electrons. The zero-order chi connectivity index (χ0) is 23.6. The van der Waals surface area contributed by atoms with Crippen molar-refractivity contribution in [2.24, 2.45) is 17.4 Å². The van der Waals surface area contributed by atoms with Crippen LogP contribution in [-0.2, 0) is 24.0 Å². The zero-order valence-corrected chi connectivity index (χ0v) is 17.7. The Morgan fingerprint density at radius 3 is 1.83 bits per heavy atom. The summed E-state index contributed by atoms with van der Waals surface area (Å²) in [6.45, 7) is 6.25. The van der Waals surface area contributed by atoms with Crippen LogP contribution in [0.25, 0.3) is 0 Å². The Kier molecular flexibility index (Phi) is 11.6. The van der Waals surface area contributed by atoms with Gasteiger partial charge in [0.15, 0.2) is 0 Å². The van der Waals surface area contributed by atoms with Crippen LogP contribution in [0, 0.1) is 5.92 Å².